The number of hydrogen-bond acceptors (Lipinski definition) is 1. The molecule has 1 heteroatoms. The van der Waals surface area contributed by atoms with Gasteiger partial charge in [0.2, 0.25) is 0 Å². The Labute approximate surface area is 267 Å². The molecule has 216 valence electrons. The van der Waals surface area contributed by atoms with Crippen molar-refractivity contribution >= 4 is 54.3 Å². The van der Waals surface area contributed by atoms with Gasteiger partial charge in [-0.2, -0.15) is 0 Å². The Morgan fingerprint density at radius 2 is 0.978 bits per heavy atom. The number of furan rings is 1. The highest BCUT2D eigenvalue weighted by molar-refractivity contribution is 6.24. The summed E-state index contributed by atoms with van der Waals surface area (Å²) < 4.78 is 6.54. The molecule has 1 heterocycles. The van der Waals surface area contributed by atoms with E-state index < -0.39 is 0 Å². The Morgan fingerprint density at radius 3 is 1.74 bits per heavy atom. The number of benzene rings is 8. The molecule has 0 saturated carbocycles. The van der Waals surface area contributed by atoms with E-state index in [2.05, 4.69) is 159 Å². The van der Waals surface area contributed by atoms with Gasteiger partial charge in [-0.15, -0.1) is 0 Å². The summed E-state index contributed by atoms with van der Waals surface area (Å²) in [5.41, 5.74) is 12.2. The van der Waals surface area contributed by atoms with E-state index >= 15 is 0 Å². The SMILES string of the molecule is CC1(C)c2ccccc2-c2cc3oc4ccc(-c5c6ccccc6c(-c6cccc7ccccc67)c6ccccc56)cc4c3cc21. The minimum Gasteiger partial charge on any atom is -0.456 e. The quantitative estimate of drug-likeness (QED) is 0.184. The van der Waals surface area contributed by atoms with E-state index in [-0.39, 0.29) is 5.41 Å². The summed E-state index contributed by atoms with van der Waals surface area (Å²) in [5, 5.41) is 9.92. The zero-order chi connectivity index (χ0) is 30.6. The molecule has 0 amide bonds. The van der Waals surface area contributed by atoms with Crippen LogP contribution in [-0.4, -0.2) is 0 Å². The monoisotopic (exact) mass is 586 g/mol. The second kappa shape index (κ2) is 9.19. The van der Waals surface area contributed by atoms with E-state index in [1.807, 2.05) is 0 Å². The third kappa shape index (κ3) is 3.40. The summed E-state index contributed by atoms with van der Waals surface area (Å²) in [5.74, 6) is 0. The minimum absolute atomic E-state index is 0.0643. The Balaban J connectivity index is 1.26. The van der Waals surface area contributed by atoms with Crippen molar-refractivity contribution < 1.29 is 4.42 Å². The van der Waals surface area contributed by atoms with E-state index in [0.717, 1.165) is 16.6 Å². The van der Waals surface area contributed by atoms with Crippen molar-refractivity contribution in [2.75, 3.05) is 0 Å². The van der Waals surface area contributed by atoms with Crippen LogP contribution >= 0.6 is 0 Å². The molecule has 0 unspecified atom stereocenters. The predicted molar refractivity (Wildman–Crippen MR) is 195 cm³/mol. The zero-order valence-corrected chi connectivity index (χ0v) is 25.8. The van der Waals surface area contributed by atoms with Crippen LogP contribution in [0.5, 0.6) is 0 Å². The first-order chi connectivity index (χ1) is 22.6. The maximum atomic E-state index is 6.54. The molecule has 1 aliphatic rings. The van der Waals surface area contributed by atoms with Gasteiger partial charge in [-0.1, -0.05) is 135 Å². The highest BCUT2D eigenvalue weighted by atomic mass is 16.3. The van der Waals surface area contributed by atoms with E-state index in [1.165, 1.54) is 82.2 Å². The van der Waals surface area contributed by atoms with Gasteiger partial charge < -0.3 is 4.42 Å². The molecule has 1 aliphatic carbocycles. The lowest BCUT2D eigenvalue weighted by Crippen LogP contribution is -2.14. The molecule has 0 fully saturated rings. The predicted octanol–water partition coefficient (Wildman–Crippen LogP) is 12.7. The van der Waals surface area contributed by atoms with E-state index in [0.29, 0.717) is 0 Å². The van der Waals surface area contributed by atoms with Crippen LogP contribution in [0.4, 0.5) is 0 Å². The number of fused-ring (bicyclic) bond motifs is 9. The molecule has 0 aliphatic heterocycles. The third-order valence-corrected chi connectivity index (χ3v) is 10.5. The third-order valence-electron chi connectivity index (χ3n) is 10.5. The van der Waals surface area contributed by atoms with Gasteiger partial charge in [0.25, 0.3) is 0 Å². The highest BCUT2D eigenvalue weighted by Crippen LogP contribution is 2.51. The van der Waals surface area contributed by atoms with Crippen molar-refractivity contribution in [2.24, 2.45) is 0 Å². The fourth-order valence-corrected chi connectivity index (χ4v) is 8.30. The first-order valence-electron chi connectivity index (χ1n) is 16.1. The van der Waals surface area contributed by atoms with Gasteiger partial charge in [-0.3, -0.25) is 0 Å². The first kappa shape index (κ1) is 25.6. The van der Waals surface area contributed by atoms with Crippen molar-refractivity contribution in [1.29, 1.82) is 0 Å². The molecule has 1 nitrogen and oxygen atoms in total. The van der Waals surface area contributed by atoms with Crippen molar-refractivity contribution in [1.82, 2.24) is 0 Å². The maximum absolute atomic E-state index is 6.54. The summed E-state index contributed by atoms with van der Waals surface area (Å²) in [6.07, 6.45) is 0. The molecule has 0 bridgehead atoms. The normalized spacial score (nSPS) is 13.6. The Hall–Kier alpha value is -5.66. The average Bonchev–Trinajstić information content (AvgIpc) is 3.57. The largest absolute Gasteiger partial charge is 0.456 e. The minimum atomic E-state index is -0.0643. The van der Waals surface area contributed by atoms with Crippen LogP contribution in [0.3, 0.4) is 0 Å². The van der Waals surface area contributed by atoms with Crippen molar-refractivity contribution in [3.05, 3.63) is 157 Å². The lowest BCUT2D eigenvalue weighted by molar-refractivity contribution is 0.658. The van der Waals surface area contributed by atoms with Crippen molar-refractivity contribution in [3.63, 3.8) is 0 Å². The number of hydrogen-bond donors (Lipinski definition) is 0. The molecule has 10 rings (SSSR count). The van der Waals surface area contributed by atoms with Crippen LogP contribution in [0, 0.1) is 0 Å². The maximum Gasteiger partial charge on any atom is 0.136 e. The standard InChI is InChI=1S/C45H30O/c1-45(2)39-21-10-9-15-30(39)36-26-42-38(25-40(36)45)37-24-28(22-23-41(37)46-42)43-32-16-5-7-18-34(32)44(35-19-8-6-17-33(35)43)31-20-11-13-27-12-3-4-14-29(27)31/h3-26H,1-2H3. The average molecular weight is 587 g/mol. The lowest BCUT2D eigenvalue weighted by Gasteiger charge is -2.21. The fraction of sp³-hybridized carbons (Fsp3) is 0.0667. The summed E-state index contributed by atoms with van der Waals surface area (Å²) in [4.78, 5) is 0. The fourth-order valence-electron chi connectivity index (χ4n) is 8.30. The van der Waals surface area contributed by atoms with Gasteiger partial charge in [-0.05, 0) is 101 Å². The molecule has 8 aromatic carbocycles. The lowest BCUT2D eigenvalue weighted by atomic mass is 9.82. The van der Waals surface area contributed by atoms with Crippen LogP contribution in [0.25, 0.3) is 87.6 Å². The molecule has 1 aromatic heterocycles. The van der Waals surface area contributed by atoms with E-state index in [4.69, 9.17) is 4.42 Å². The molecule has 0 N–H and O–H groups in total. The highest BCUT2D eigenvalue weighted by Gasteiger charge is 2.36. The topological polar surface area (TPSA) is 13.1 Å². The molecule has 0 radical (unpaired) electrons. The molecule has 0 atom stereocenters. The van der Waals surface area contributed by atoms with Crippen molar-refractivity contribution in [2.45, 2.75) is 19.3 Å². The molecule has 0 spiro atoms. The van der Waals surface area contributed by atoms with Gasteiger partial charge in [0, 0.05) is 16.2 Å². The molecular formula is C45H30O. The summed E-state index contributed by atoms with van der Waals surface area (Å²) >= 11 is 0. The zero-order valence-electron chi connectivity index (χ0n) is 25.8. The summed E-state index contributed by atoms with van der Waals surface area (Å²) in [6.45, 7) is 4.68. The van der Waals surface area contributed by atoms with Gasteiger partial charge in [0.15, 0.2) is 0 Å². The smallest absolute Gasteiger partial charge is 0.136 e. The first-order valence-corrected chi connectivity index (χ1v) is 16.1. The van der Waals surface area contributed by atoms with Gasteiger partial charge in [0.1, 0.15) is 11.2 Å². The van der Waals surface area contributed by atoms with Crippen LogP contribution in [-0.2, 0) is 5.41 Å². The number of rotatable bonds is 2. The Bertz CT molecular complexity index is 2660. The summed E-state index contributed by atoms with van der Waals surface area (Å²) in [6, 6.07) is 53.4. The second-order valence-electron chi connectivity index (χ2n) is 13.2. The Morgan fingerprint density at radius 1 is 0.391 bits per heavy atom. The van der Waals surface area contributed by atoms with Gasteiger partial charge >= 0.3 is 0 Å². The van der Waals surface area contributed by atoms with Crippen LogP contribution in [0.15, 0.2) is 150 Å². The molecular weight excluding hydrogens is 556 g/mol. The van der Waals surface area contributed by atoms with Crippen LogP contribution in [0.1, 0.15) is 25.0 Å². The Kier molecular flexibility index (Phi) is 5.12. The van der Waals surface area contributed by atoms with Crippen molar-refractivity contribution in [3.8, 4) is 33.4 Å². The van der Waals surface area contributed by atoms with Crippen LogP contribution < -0.4 is 0 Å². The van der Waals surface area contributed by atoms with Gasteiger partial charge in [-0.25, -0.2) is 0 Å². The molecule has 9 aromatic rings. The van der Waals surface area contributed by atoms with E-state index in [1.54, 1.807) is 0 Å². The molecule has 0 saturated heterocycles. The van der Waals surface area contributed by atoms with E-state index in [9.17, 15) is 0 Å². The van der Waals surface area contributed by atoms with Crippen LogP contribution in [0.2, 0.25) is 0 Å². The summed E-state index contributed by atoms with van der Waals surface area (Å²) in [7, 11) is 0. The van der Waals surface area contributed by atoms with Gasteiger partial charge in [0.05, 0.1) is 0 Å². The molecule has 46 heavy (non-hydrogen) atoms. The second-order valence-corrected chi connectivity index (χ2v) is 13.2.